The highest BCUT2D eigenvalue weighted by atomic mass is 16.5. The highest BCUT2D eigenvalue weighted by Crippen LogP contribution is 2.33. The lowest BCUT2D eigenvalue weighted by molar-refractivity contribution is 0.0645. The van der Waals surface area contributed by atoms with E-state index >= 15 is 0 Å². The number of nitrogens with zero attached hydrogens (tertiary/aromatic N) is 1. The number of morpholine rings is 1. The first kappa shape index (κ1) is 12.0. The summed E-state index contributed by atoms with van der Waals surface area (Å²) in [5, 5.41) is 0. The summed E-state index contributed by atoms with van der Waals surface area (Å²) in [5.74, 6) is 0.789. The van der Waals surface area contributed by atoms with Gasteiger partial charge in [-0.15, -0.1) is 0 Å². The van der Waals surface area contributed by atoms with Crippen molar-refractivity contribution in [2.75, 3.05) is 37.5 Å². The zero-order valence-electron chi connectivity index (χ0n) is 10.7. The van der Waals surface area contributed by atoms with Crippen molar-refractivity contribution in [3.05, 3.63) is 18.2 Å². The van der Waals surface area contributed by atoms with Gasteiger partial charge in [0, 0.05) is 12.6 Å². The molecule has 0 bridgehead atoms. The number of hydrogen-bond donors (Lipinski definition) is 1. The van der Waals surface area contributed by atoms with Crippen molar-refractivity contribution in [2.24, 2.45) is 0 Å². The minimum atomic E-state index is -0.0268. The Kier molecular flexibility index (Phi) is 3.15. The van der Waals surface area contributed by atoms with Crippen LogP contribution in [0.15, 0.2) is 18.2 Å². The van der Waals surface area contributed by atoms with Crippen LogP contribution in [-0.2, 0) is 4.74 Å². The molecule has 1 aliphatic heterocycles. The van der Waals surface area contributed by atoms with E-state index in [2.05, 4.69) is 18.7 Å². The van der Waals surface area contributed by atoms with Crippen LogP contribution in [0.3, 0.4) is 0 Å². The van der Waals surface area contributed by atoms with Crippen LogP contribution in [0.4, 0.5) is 11.4 Å². The van der Waals surface area contributed by atoms with Gasteiger partial charge >= 0.3 is 0 Å². The largest absolute Gasteiger partial charge is 0.497 e. The van der Waals surface area contributed by atoms with Gasteiger partial charge in [-0.1, -0.05) is 0 Å². The zero-order chi connectivity index (χ0) is 12.5. The Morgan fingerprint density at radius 2 is 2.18 bits per heavy atom. The predicted octanol–water partition coefficient (Wildman–Crippen LogP) is 1.89. The minimum absolute atomic E-state index is 0.0268. The van der Waals surface area contributed by atoms with Gasteiger partial charge in [0.05, 0.1) is 37.2 Å². The van der Waals surface area contributed by atoms with E-state index in [1.54, 1.807) is 7.11 Å². The first-order valence-corrected chi connectivity index (χ1v) is 5.83. The molecular weight excluding hydrogens is 216 g/mol. The fourth-order valence-corrected chi connectivity index (χ4v) is 2.21. The molecule has 1 saturated heterocycles. The molecule has 17 heavy (non-hydrogen) atoms. The van der Waals surface area contributed by atoms with Crippen molar-refractivity contribution in [3.8, 4) is 5.75 Å². The normalized spacial score (nSPS) is 19.1. The fraction of sp³-hybridized carbons (Fsp3) is 0.538. The molecule has 4 nitrogen and oxygen atoms in total. The molecule has 1 aliphatic rings. The molecule has 1 heterocycles. The fourth-order valence-electron chi connectivity index (χ4n) is 2.21. The maximum absolute atomic E-state index is 6.09. The molecule has 1 aromatic carbocycles. The second-order valence-electron chi connectivity index (χ2n) is 4.94. The number of benzene rings is 1. The third kappa shape index (κ3) is 2.31. The molecule has 4 heteroatoms. The quantitative estimate of drug-likeness (QED) is 0.797. The molecule has 2 N–H and O–H groups in total. The Hall–Kier alpha value is -1.42. The molecule has 0 aromatic heterocycles. The molecule has 0 unspecified atom stereocenters. The lowest BCUT2D eigenvalue weighted by Crippen LogP contribution is -2.53. The van der Waals surface area contributed by atoms with Crippen molar-refractivity contribution in [2.45, 2.75) is 19.4 Å². The lowest BCUT2D eigenvalue weighted by atomic mass is 10.0. The van der Waals surface area contributed by atoms with Crippen LogP contribution in [-0.4, -0.2) is 32.4 Å². The highest BCUT2D eigenvalue weighted by molar-refractivity contribution is 5.70. The molecule has 0 saturated carbocycles. The average Bonchev–Trinajstić information content (AvgIpc) is 2.29. The SMILES string of the molecule is COc1ccc(N2CCOCC2(C)C)c(N)c1. The Balaban J connectivity index is 2.32. The molecule has 0 aliphatic carbocycles. The van der Waals surface area contributed by atoms with E-state index in [1.807, 2.05) is 18.2 Å². The molecule has 94 valence electrons. The van der Waals surface area contributed by atoms with Crippen LogP contribution in [0, 0.1) is 0 Å². The molecule has 0 amide bonds. The van der Waals surface area contributed by atoms with E-state index in [9.17, 15) is 0 Å². The van der Waals surface area contributed by atoms with Crippen LogP contribution < -0.4 is 15.4 Å². The molecule has 0 radical (unpaired) electrons. The van der Waals surface area contributed by atoms with Gasteiger partial charge in [-0.05, 0) is 26.0 Å². The van der Waals surface area contributed by atoms with Gasteiger partial charge in [0.15, 0.2) is 0 Å². The topological polar surface area (TPSA) is 47.7 Å². The molecule has 0 spiro atoms. The molecule has 1 fully saturated rings. The van der Waals surface area contributed by atoms with Gasteiger partial charge in [-0.25, -0.2) is 0 Å². The van der Waals surface area contributed by atoms with Gasteiger partial charge in [0.1, 0.15) is 5.75 Å². The smallest absolute Gasteiger partial charge is 0.121 e. The highest BCUT2D eigenvalue weighted by Gasteiger charge is 2.31. The summed E-state index contributed by atoms with van der Waals surface area (Å²) in [6.07, 6.45) is 0. The van der Waals surface area contributed by atoms with Crippen LogP contribution >= 0.6 is 0 Å². The predicted molar refractivity (Wildman–Crippen MR) is 69.7 cm³/mol. The van der Waals surface area contributed by atoms with Gasteiger partial charge < -0.3 is 20.1 Å². The number of methoxy groups -OCH3 is 1. The Morgan fingerprint density at radius 3 is 2.76 bits per heavy atom. The summed E-state index contributed by atoms with van der Waals surface area (Å²) in [5.41, 5.74) is 7.86. The Bertz CT molecular complexity index is 404. The third-order valence-corrected chi connectivity index (χ3v) is 3.17. The summed E-state index contributed by atoms with van der Waals surface area (Å²) < 4.78 is 10.7. The summed E-state index contributed by atoms with van der Waals surface area (Å²) in [4.78, 5) is 2.30. The van der Waals surface area contributed by atoms with Gasteiger partial charge in [0.25, 0.3) is 0 Å². The lowest BCUT2D eigenvalue weighted by Gasteiger charge is -2.44. The van der Waals surface area contributed by atoms with Crippen LogP contribution in [0.1, 0.15) is 13.8 Å². The maximum atomic E-state index is 6.09. The van der Waals surface area contributed by atoms with E-state index < -0.39 is 0 Å². The molecule has 2 rings (SSSR count). The minimum Gasteiger partial charge on any atom is -0.497 e. The standard InChI is InChI=1S/C13H20N2O2/c1-13(2)9-17-7-6-15(13)12-5-4-10(16-3)8-11(12)14/h4-5,8H,6-7,9,14H2,1-3H3. The van der Waals surface area contributed by atoms with Crippen molar-refractivity contribution in [3.63, 3.8) is 0 Å². The summed E-state index contributed by atoms with van der Waals surface area (Å²) in [7, 11) is 1.65. The molecule has 1 aromatic rings. The summed E-state index contributed by atoms with van der Waals surface area (Å²) >= 11 is 0. The summed E-state index contributed by atoms with van der Waals surface area (Å²) in [6.45, 7) is 6.66. The van der Waals surface area contributed by atoms with Crippen molar-refractivity contribution >= 4 is 11.4 Å². The monoisotopic (exact) mass is 236 g/mol. The number of anilines is 2. The average molecular weight is 236 g/mol. The Labute approximate surface area is 102 Å². The molecular formula is C13H20N2O2. The summed E-state index contributed by atoms with van der Waals surface area (Å²) in [6, 6.07) is 5.82. The van der Waals surface area contributed by atoms with Crippen molar-refractivity contribution in [1.82, 2.24) is 0 Å². The number of nitrogens with two attached hydrogens (primary N) is 1. The second kappa shape index (κ2) is 4.45. The van der Waals surface area contributed by atoms with Crippen LogP contribution in [0.5, 0.6) is 5.75 Å². The first-order valence-electron chi connectivity index (χ1n) is 5.83. The van der Waals surface area contributed by atoms with E-state index in [-0.39, 0.29) is 5.54 Å². The molecule has 0 atom stereocenters. The number of hydrogen-bond acceptors (Lipinski definition) is 4. The van der Waals surface area contributed by atoms with E-state index in [0.717, 1.165) is 36.9 Å². The van der Waals surface area contributed by atoms with Crippen molar-refractivity contribution in [1.29, 1.82) is 0 Å². The van der Waals surface area contributed by atoms with Crippen LogP contribution in [0.2, 0.25) is 0 Å². The van der Waals surface area contributed by atoms with Gasteiger partial charge in [-0.2, -0.15) is 0 Å². The van der Waals surface area contributed by atoms with E-state index in [0.29, 0.717) is 0 Å². The number of rotatable bonds is 2. The Morgan fingerprint density at radius 1 is 1.41 bits per heavy atom. The number of nitrogen functional groups attached to an aromatic ring is 1. The van der Waals surface area contributed by atoms with E-state index in [4.69, 9.17) is 15.2 Å². The van der Waals surface area contributed by atoms with E-state index in [1.165, 1.54) is 0 Å². The van der Waals surface area contributed by atoms with Crippen molar-refractivity contribution < 1.29 is 9.47 Å². The van der Waals surface area contributed by atoms with Gasteiger partial charge in [-0.3, -0.25) is 0 Å². The maximum Gasteiger partial charge on any atom is 0.121 e. The first-order chi connectivity index (χ1) is 8.04. The zero-order valence-corrected chi connectivity index (χ0v) is 10.7. The van der Waals surface area contributed by atoms with Gasteiger partial charge in [0.2, 0.25) is 0 Å². The van der Waals surface area contributed by atoms with Crippen LogP contribution in [0.25, 0.3) is 0 Å². The third-order valence-electron chi connectivity index (χ3n) is 3.17. The second-order valence-corrected chi connectivity index (χ2v) is 4.94. The number of ether oxygens (including phenoxy) is 2.